The number of benzene rings is 1. The van der Waals surface area contributed by atoms with Gasteiger partial charge in [-0.25, -0.2) is 4.52 Å². The number of nitrogens with zero attached hydrogens (tertiary/aromatic N) is 1. The van der Waals surface area contributed by atoms with E-state index in [1.807, 2.05) is 24.4 Å². The molecule has 0 aliphatic carbocycles. The average molecular weight is 271 g/mol. The Hall–Kier alpha value is -2.05. The van der Waals surface area contributed by atoms with E-state index in [1.165, 1.54) is 10.9 Å². The molecule has 2 heterocycles. The number of pyridine rings is 1. The van der Waals surface area contributed by atoms with Crippen LogP contribution in [-0.2, 0) is 0 Å². The van der Waals surface area contributed by atoms with Gasteiger partial charge in [-0.05, 0) is 25.1 Å². The maximum absolute atomic E-state index is 9.75. The summed E-state index contributed by atoms with van der Waals surface area (Å²) in [5, 5.41) is 1.17. The van der Waals surface area contributed by atoms with Crippen molar-refractivity contribution in [2.75, 3.05) is 0 Å². The average Bonchev–Trinajstić information content (AvgIpc) is 2.65. The molecular formula is C12H10BF4NO. The van der Waals surface area contributed by atoms with E-state index in [2.05, 4.69) is 25.1 Å². The summed E-state index contributed by atoms with van der Waals surface area (Å²) in [5.41, 5.74) is 3.30. The highest BCUT2D eigenvalue weighted by atomic mass is 19.5. The SMILES string of the molecule is Cc1ccc2o[n+]3ccccc3c2c1.F[B-](F)(F)F. The Bertz CT molecular complexity index is 702. The summed E-state index contributed by atoms with van der Waals surface area (Å²) in [6.45, 7) is 2.09. The normalized spacial score (nSPS) is 11.4. The van der Waals surface area contributed by atoms with Crippen molar-refractivity contribution in [2.45, 2.75) is 6.92 Å². The van der Waals surface area contributed by atoms with Crippen molar-refractivity contribution in [3.63, 3.8) is 0 Å². The number of aryl methyl sites for hydroxylation is 1. The van der Waals surface area contributed by atoms with Gasteiger partial charge in [-0.1, -0.05) is 11.6 Å². The standard InChI is InChI=1S/C12H10NO.BF4/c1-9-5-6-12-10(8-9)11-4-2-3-7-13(11)14-12;2-1(3,4)5/h2-8H,1H3;/q+1;-1. The van der Waals surface area contributed by atoms with Crippen molar-refractivity contribution >= 4 is 23.7 Å². The van der Waals surface area contributed by atoms with Gasteiger partial charge < -0.3 is 17.3 Å². The second kappa shape index (κ2) is 4.91. The lowest BCUT2D eigenvalue weighted by Crippen LogP contribution is -2.15. The van der Waals surface area contributed by atoms with Gasteiger partial charge in [0.05, 0.1) is 0 Å². The summed E-state index contributed by atoms with van der Waals surface area (Å²) in [5.74, 6) is 0. The Kier molecular flexibility index (Phi) is 3.46. The molecule has 0 unspecified atom stereocenters. The Morgan fingerprint density at radius 1 is 1.05 bits per heavy atom. The van der Waals surface area contributed by atoms with E-state index in [0.717, 1.165) is 11.1 Å². The Morgan fingerprint density at radius 2 is 1.74 bits per heavy atom. The van der Waals surface area contributed by atoms with Crippen molar-refractivity contribution < 1.29 is 26.4 Å². The molecule has 2 aromatic heterocycles. The van der Waals surface area contributed by atoms with Crippen LogP contribution in [0.4, 0.5) is 17.3 Å². The lowest BCUT2D eigenvalue weighted by Gasteiger charge is -1.94. The summed E-state index contributed by atoms with van der Waals surface area (Å²) in [6, 6.07) is 12.3. The molecule has 3 rings (SSSR count). The molecule has 0 spiro atoms. The van der Waals surface area contributed by atoms with E-state index in [4.69, 9.17) is 4.52 Å². The molecule has 2 nitrogen and oxygen atoms in total. The number of rotatable bonds is 0. The molecule has 0 N–H and O–H groups in total. The second-order valence-electron chi connectivity index (χ2n) is 4.00. The minimum Gasteiger partial charge on any atom is -0.418 e. The van der Waals surface area contributed by atoms with Crippen LogP contribution in [0.3, 0.4) is 0 Å². The van der Waals surface area contributed by atoms with Gasteiger partial charge in [0.15, 0.2) is 0 Å². The third kappa shape index (κ3) is 3.46. The van der Waals surface area contributed by atoms with Gasteiger partial charge in [0.25, 0.3) is 5.52 Å². The molecule has 3 aromatic rings. The van der Waals surface area contributed by atoms with Crippen molar-refractivity contribution in [3.05, 3.63) is 48.2 Å². The maximum Gasteiger partial charge on any atom is 0.673 e. The molecule has 0 aliphatic rings. The second-order valence-corrected chi connectivity index (χ2v) is 4.00. The Labute approximate surface area is 106 Å². The fourth-order valence-corrected chi connectivity index (χ4v) is 1.75. The summed E-state index contributed by atoms with van der Waals surface area (Å²) in [6.07, 6.45) is 1.92. The number of hydrogen-bond acceptors (Lipinski definition) is 1. The van der Waals surface area contributed by atoms with Crippen molar-refractivity contribution in [1.82, 2.24) is 0 Å². The molecule has 0 radical (unpaired) electrons. The molecule has 0 saturated heterocycles. The van der Waals surface area contributed by atoms with Crippen LogP contribution in [0.15, 0.2) is 47.1 Å². The van der Waals surface area contributed by atoms with Gasteiger partial charge in [0.2, 0.25) is 11.8 Å². The van der Waals surface area contributed by atoms with Crippen molar-refractivity contribution in [3.8, 4) is 0 Å². The molecule has 1 aromatic carbocycles. The topological polar surface area (TPSA) is 17.2 Å². The van der Waals surface area contributed by atoms with Crippen LogP contribution in [-0.4, -0.2) is 7.25 Å². The summed E-state index contributed by atoms with van der Waals surface area (Å²) >= 11 is 0. The van der Waals surface area contributed by atoms with Crippen LogP contribution < -0.4 is 4.57 Å². The van der Waals surface area contributed by atoms with Gasteiger partial charge >= 0.3 is 7.25 Å². The van der Waals surface area contributed by atoms with E-state index >= 15 is 0 Å². The lowest BCUT2D eigenvalue weighted by molar-refractivity contribution is -0.712. The van der Waals surface area contributed by atoms with E-state index in [0.29, 0.717) is 0 Å². The highest BCUT2D eigenvalue weighted by Gasteiger charge is 2.20. The molecule has 0 aliphatic heterocycles. The van der Waals surface area contributed by atoms with Gasteiger partial charge in [0.1, 0.15) is 5.39 Å². The first-order valence-corrected chi connectivity index (χ1v) is 5.52. The Morgan fingerprint density at radius 3 is 2.42 bits per heavy atom. The quantitative estimate of drug-likeness (QED) is 0.345. The smallest absolute Gasteiger partial charge is 0.418 e. The van der Waals surface area contributed by atoms with Crippen LogP contribution in [0.25, 0.3) is 16.5 Å². The first-order chi connectivity index (χ1) is 8.84. The third-order valence-corrected chi connectivity index (χ3v) is 2.43. The minimum atomic E-state index is -6.00. The lowest BCUT2D eigenvalue weighted by atomic mass is 10.1. The molecule has 0 saturated carbocycles. The molecule has 0 fully saturated rings. The minimum absolute atomic E-state index is 0.932. The van der Waals surface area contributed by atoms with Gasteiger partial charge in [0, 0.05) is 16.7 Å². The number of aromatic nitrogens is 1. The predicted octanol–water partition coefficient (Wildman–Crippen LogP) is 3.78. The molecule has 0 atom stereocenters. The van der Waals surface area contributed by atoms with Crippen LogP contribution in [0.2, 0.25) is 0 Å². The summed E-state index contributed by atoms with van der Waals surface area (Å²) < 4.78 is 46.4. The van der Waals surface area contributed by atoms with Crippen LogP contribution in [0.5, 0.6) is 0 Å². The largest absolute Gasteiger partial charge is 0.673 e. The molecular weight excluding hydrogens is 261 g/mol. The van der Waals surface area contributed by atoms with Crippen LogP contribution in [0.1, 0.15) is 5.56 Å². The number of halogens is 4. The molecule has 0 amide bonds. The first kappa shape index (κ1) is 13.4. The van der Waals surface area contributed by atoms with E-state index in [-0.39, 0.29) is 0 Å². The highest BCUT2D eigenvalue weighted by Crippen LogP contribution is 2.18. The zero-order valence-electron chi connectivity index (χ0n) is 9.99. The summed E-state index contributed by atoms with van der Waals surface area (Å²) in [7, 11) is -6.00. The monoisotopic (exact) mass is 271 g/mol. The third-order valence-electron chi connectivity index (χ3n) is 2.43. The summed E-state index contributed by atoms with van der Waals surface area (Å²) in [4.78, 5) is 0. The maximum atomic E-state index is 9.75. The highest BCUT2D eigenvalue weighted by molar-refractivity contribution is 6.50. The molecule has 7 heteroatoms. The first-order valence-electron chi connectivity index (χ1n) is 5.52. The van der Waals surface area contributed by atoms with Crippen LogP contribution in [0, 0.1) is 6.92 Å². The fraction of sp³-hybridized carbons (Fsp3) is 0.0833. The predicted molar refractivity (Wildman–Crippen MR) is 64.3 cm³/mol. The van der Waals surface area contributed by atoms with Gasteiger partial charge in [-0.2, -0.15) is 0 Å². The molecule has 100 valence electrons. The molecule has 0 bridgehead atoms. The van der Waals surface area contributed by atoms with Crippen LogP contribution >= 0.6 is 0 Å². The van der Waals surface area contributed by atoms with Crippen molar-refractivity contribution in [2.24, 2.45) is 0 Å². The van der Waals surface area contributed by atoms with E-state index in [1.54, 1.807) is 4.57 Å². The zero-order valence-corrected chi connectivity index (χ0v) is 9.99. The number of fused-ring (bicyclic) bond motifs is 3. The Balaban J connectivity index is 0.000000232. The van der Waals surface area contributed by atoms with E-state index in [9.17, 15) is 17.3 Å². The molecule has 19 heavy (non-hydrogen) atoms. The zero-order chi connectivity index (χ0) is 14.0. The van der Waals surface area contributed by atoms with Crippen molar-refractivity contribution in [1.29, 1.82) is 0 Å². The van der Waals surface area contributed by atoms with Gasteiger partial charge in [-0.3, -0.25) is 0 Å². The fourth-order valence-electron chi connectivity index (χ4n) is 1.75. The number of hydrogen-bond donors (Lipinski definition) is 0. The van der Waals surface area contributed by atoms with E-state index < -0.39 is 7.25 Å². The van der Waals surface area contributed by atoms with Gasteiger partial charge in [-0.15, -0.1) is 0 Å².